The van der Waals surface area contributed by atoms with E-state index in [2.05, 4.69) is 10.3 Å². The standard InChI is InChI=1S/C12H11ClN4O/c13-11-10(2-1-5-16-11)17-12(18)8-4-3-7(14)6-9(8)15/h1-6H,14-15H2,(H,17,18). The molecule has 1 heterocycles. The van der Waals surface area contributed by atoms with Gasteiger partial charge in [0.1, 0.15) is 0 Å². The number of nitrogens with two attached hydrogens (primary N) is 2. The number of hydrogen-bond acceptors (Lipinski definition) is 4. The van der Waals surface area contributed by atoms with E-state index >= 15 is 0 Å². The van der Waals surface area contributed by atoms with E-state index in [1.165, 1.54) is 12.3 Å². The molecule has 0 radical (unpaired) electrons. The van der Waals surface area contributed by atoms with Gasteiger partial charge in [-0.05, 0) is 30.3 Å². The summed E-state index contributed by atoms with van der Waals surface area (Å²) in [5, 5.41) is 2.85. The van der Waals surface area contributed by atoms with Gasteiger partial charge in [-0.1, -0.05) is 11.6 Å². The van der Waals surface area contributed by atoms with Crippen molar-refractivity contribution >= 4 is 34.6 Å². The average molecular weight is 263 g/mol. The van der Waals surface area contributed by atoms with Gasteiger partial charge in [0.05, 0.1) is 11.3 Å². The molecule has 5 nitrogen and oxygen atoms in total. The van der Waals surface area contributed by atoms with Crippen LogP contribution in [0.1, 0.15) is 10.4 Å². The monoisotopic (exact) mass is 262 g/mol. The first-order valence-electron chi connectivity index (χ1n) is 5.15. The second-order valence-corrected chi connectivity index (χ2v) is 4.00. The predicted molar refractivity (Wildman–Crippen MR) is 72.5 cm³/mol. The first-order chi connectivity index (χ1) is 8.58. The Morgan fingerprint density at radius 1 is 1.28 bits per heavy atom. The summed E-state index contributed by atoms with van der Waals surface area (Å²) in [5.41, 5.74) is 12.9. The predicted octanol–water partition coefficient (Wildman–Crippen LogP) is 2.15. The minimum Gasteiger partial charge on any atom is -0.399 e. The largest absolute Gasteiger partial charge is 0.399 e. The minimum atomic E-state index is -0.359. The van der Waals surface area contributed by atoms with Crippen LogP contribution in [0.4, 0.5) is 17.1 Å². The average Bonchev–Trinajstić information content (AvgIpc) is 2.32. The van der Waals surface area contributed by atoms with Crippen LogP contribution in [0.3, 0.4) is 0 Å². The van der Waals surface area contributed by atoms with Crippen molar-refractivity contribution in [2.24, 2.45) is 0 Å². The van der Waals surface area contributed by atoms with Gasteiger partial charge in [0.15, 0.2) is 5.15 Å². The zero-order valence-electron chi connectivity index (χ0n) is 9.35. The number of carbonyl (C=O) groups is 1. The first-order valence-corrected chi connectivity index (χ1v) is 5.52. The topological polar surface area (TPSA) is 94.0 Å². The van der Waals surface area contributed by atoms with E-state index < -0.39 is 0 Å². The van der Waals surface area contributed by atoms with Crippen LogP contribution in [-0.4, -0.2) is 10.9 Å². The number of nitrogen functional groups attached to an aromatic ring is 2. The summed E-state index contributed by atoms with van der Waals surface area (Å²) < 4.78 is 0. The molecule has 0 unspecified atom stereocenters. The van der Waals surface area contributed by atoms with Gasteiger partial charge in [-0.15, -0.1) is 0 Å². The summed E-state index contributed by atoms with van der Waals surface area (Å²) in [5.74, 6) is -0.359. The van der Waals surface area contributed by atoms with Gasteiger partial charge in [-0.2, -0.15) is 0 Å². The summed E-state index contributed by atoms with van der Waals surface area (Å²) in [4.78, 5) is 15.8. The van der Waals surface area contributed by atoms with Gasteiger partial charge in [-0.3, -0.25) is 4.79 Å². The van der Waals surface area contributed by atoms with Crippen molar-refractivity contribution in [3.8, 4) is 0 Å². The number of rotatable bonds is 2. The number of amides is 1. The maximum Gasteiger partial charge on any atom is 0.257 e. The molecule has 2 rings (SSSR count). The molecule has 0 spiro atoms. The van der Waals surface area contributed by atoms with Crippen molar-refractivity contribution in [1.29, 1.82) is 0 Å². The lowest BCUT2D eigenvalue weighted by atomic mass is 10.1. The van der Waals surface area contributed by atoms with Crippen LogP contribution in [0.2, 0.25) is 5.15 Å². The van der Waals surface area contributed by atoms with Crippen LogP contribution in [-0.2, 0) is 0 Å². The number of halogens is 1. The second-order valence-electron chi connectivity index (χ2n) is 3.64. The lowest BCUT2D eigenvalue weighted by Gasteiger charge is -2.08. The van der Waals surface area contributed by atoms with E-state index in [-0.39, 0.29) is 11.1 Å². The molecule has 0 aliphatic carbocycles. The van der Waals surface area contributed by atoms with Crippen LogP contribution < -0.4 is 16.8 Å². The van der Waals surface area contributed by atoms with E-state index in [4.69, 9.17) is 23.1 Å². The third-order valence-electron chi connectivity index (χ3n) is 2.33. The Kier molecular flexibility index (Phi) is 3.34. The van der Waals surface area contributed by atoms with Crippen molar-refractivity contribution in [3.05, 3.63) is 47.2 Å². The number of carbonyl (C=O) groups excluding carboxylic acids is 1. The molecule has 0 atom stereocenters. The highest BCUT2D eigenvalue weighted by Crippen LogP contribution is 2.21. The molecule has 6 heteroatoms. The third kappa shape index (κ3) is 2.52. The Balaban J connectivity index is 2.25. The zero-order valence-corrected chi connectivity index (χ0v) is 10.1. The second kappa shape index (κ2) is 4.93. The molecule has 5 N–H and O–H groups in total. The van der Waals surface area contributed by atoms with Gasteiger partial charge >= 0.3 is 0 Å². The van der Waals surface area contributed by atoms with Gasteiger partial charge < -0.3 is 16.8 Å². The SMILES string of the molecule is Nc1ccc(C(=O)Nc2cccnc2Cl)c(N)c1. The molecular formula is C12H11ClN4O. The van der Waals surface area contributed by atoms with E-state index in [1.54, 1.807) is 24.3 Å². The van der Waals surface area contributed by atoms with Crippen molar-refractivity contribution in [1.82, 2.24) is 4.98 Å². The number of nitrogens with one attached hydrogen (secondary N) is 1. The van der Waals surface area contributed by atoms with Gasteiger partial charge in [0.2, 0.25) is 0 Å². The maximum atomic E-state index is 12.0. The molecule has 1 aromatic carbocycles. The molecule has 0 fully saturated rings. The molecule has 18 heavy (non-hydrogen) atoms. The van der Waals surface area contributed by atoms with Gasteiger partial charge in [0, 0.05) is 17.6 Å². The number of benzene rings is 1. The summed E-state index contributed by atoms with van der Waals surface area (Å²) in [6.07, 6.45) is 1.54. The molecule has 0 saturated carbocycles. The quantitative estimate of drug-likeness (QED) is 0.571. The molecule has 0 saturated heterocycles. The minimum absolute atomic E-state index is 0.222. The normalized spacial score (nSPS) is 10.1. The van der Waals surface area contributed by atoms with E-state index in [1.807, 2.05) is 0 Å². The van der Waals surface area contributed by atoms with Crippen molar-refractivity contribution < 1.29 is 4.79 Å². The van der Waals surface area contributed by atoms with E-state index in [0.717, 1.165) is 0 Å². The Morgan fingerprint density at radius 3 is 2.72 bits per heavy atom. The van der Waals surface area contributed by atoms with Gasteiger partial charge in [-0.25, -0.2) is 4.98 Å². The number of hydrogen-bond donors (Lipinski definition) is 3. The Morgan fingerprint density at radius 2 is 2.06 bits per heavy atom. The summed E-state index contributed by atoms with van der Waals surface area (Å²) in [7, 11) is 0. The van der Waals surface area contributed by atoms with Crippen LogP contribution in [0.5, 0.6) is 0 Å². The molecule has 1 amide bonds. The van der Waals surface area contributed by atoms with Crippen LogP contribution in [0.15, 0.2) is 36.5 Å². The Hall–Kier alpha value is -2.27. The molecule has 0 aliphatic rings. The van der Waals surface area contributed by atoms with Crippen LogP contribution in [0, 0.1) is 0 Å². The lowest BCUT2D eigenvalue weighted by Crippen LogP contribution is -2.14. The fourth-order valence-electron chi connectivity index (χ4n) is 1.46. The summed E-state index contributed by atoms with van der Waals surface area (Å²) >= 11 is 5.84. The number of nitrogens with zero attached hydrogens (tertiary/aromatic N) is 1. The summed E-state index contributed by atoms with van der Waals surface area (Å²) in [6, 6.07) is 8.02. The fraction of sp³-hybridized carbons (Fsp3) is 0. The fourth-order valence-corrected chi connectivity index (χ4v) is 1.62. The van der Waals surface area contributed by atoms with E-state index in [9.17, 15) is 4.79 Å². The lowest BCUT2D eigenvalue weighted by molar-refractivity contribution is 0.102. The zero-order chi connectivity index (χ0) is 13.1. The van der Waals surface area contributed by atoms with E-state index in [0.29, 0.717) is 22.6 Å². The molecular weight excluding hydrogens is 252 g/mol. The number of pyridine rings is 1. The first kappa shape index (κ1) is 12.2. The summed E-state index contributed by atoms with van der Waals surface area (Å²) in [6.45, 7) is 0. The highest BCUT2D eigenvalue weighted by Gasteiger charge is 2.11. The Bertz CT molecular complexity index is 600. The van der Waals surface area contributed by atoms with Crippen molar-refractivity contribution in [2.75, 3.05) is 16.8 Å². The highest BCUT2D eigenvalue weighted by atomic mass is 35.5. The number of aromatic nitrogens is 1. The van der Waals surface area contributed by atoms with Crippen molar-refractivity contribution in [3.63, 3.8) is 0 Å². The molecule has 92 valence electrons. The van der Waals surface area contributed by atoms with Crippen LogP contribution >= 0.6 is 11.6 Å². The highest BCUT2D eigenvalue weighted by molar-refractivity contribution is 6.32. The van der Waals surface area contributed by atoms with Crippen molar-refractivity contribution in [2.45, 2.75) is 0 Å². The number of anilines is 3. The maximum absolute atomic E-state index is 12.0. The van der Waals surface area contributed by atoms with Gasteiger partial charge in [0.25, 0.3) is 5.91 Å². The Labute approximate surface area is 109 Å². The molecule has 2 aromatic rings. The molecule has 0 aliphatic heterocycles. The van der Waals surface area contributed by atoms with Crippen LogP contribution in [0.25, 0.3) is 0 Å². The molecule has 1 aromatic heterocycles. The third-order valence-corrected chi connectivity index (χ3v) is 2.63. The molecule has 0 bridgehead atoms. The smallest absolute Gasteiger partial charge is 0.257 e.